The van der Waals surface area contributed by atoms with Crippen LogP contribution in [-0.4, -0.2) is 0 Å². The Morgan fingerprint density at radius 3 is 1.33 bits per heavy atom. The van der Waals surface area contributed by atoms with E-state index < -0.39 is 23.5 Å². The molecular formula is C15H8F6. The summed E-state index contributed by atoms with van der Waals surface area (Å²) >= 11 is 0. The molecule has 0 nitrogen and oxygen atoms in total. The first-order chi connectivity index (χ1) is 9.66. The topological polar surface area (TPSA) is 0 Å². The Hall–Kier alpha value is -1.98. The van der Waals surface area contributed by atoms with Crippen LogP contribution in [0.15, 0.2) is 36.4 Å². The summed E-state index contributed by atoms with van der Waals surface area (Å²) in [6.45, 7) is 0. The van der Waals surface area contributed by atoms with Crippen LogP contribution in [0.5, 0.6) is 0 Å². The van der Waals surface area contributed by atoms with E-state index >= 15 is 0 Å². The highest BCUT2D eigenvalue weighted by Gasteiger charge is 2.34. The minimum atomic E-state index is -4.51. The van der Waals surface area contributed by atoms with Gasteiger partial charge in [-0.15, -0.1) is 0 Å². The normalized spacial score (nSPS) is 14.0. The molecule has 0 saturated heterocycles. The predicted molar refractivity (Wildman–Crippen MR) is 64.7 cm³/mol. The van der Waals surface area contributed by atoms with Crippen LogP contribution < -0.4 is 0 Å². The van der Waals surface area contributed by atoms with Crippen LogP contribution in [0.3, 0.4) is 0 Å². The largest absolute Gasteiger partial charge is 0.416 e. The smallest absolute Gasteiger partial charge is 0.166 e. The molecule has 0 saturated carbocycles. The fourth-order valence-corrected chi connectivity index (χ4v) is 2.52. The van der Waals surface area contributed by atoms with Gasteiger partial charge >= 0.3 is 12.4 Å². The standard InChI is InChI=1S/C15H8F6/c16-14(17,18)10-3-1-8-5-9-2-4-11(15(19,20)21)7-13(9)12(8)6-10/h1-4,6-7H,5H2. The first-order valence-electron chi connectivity index (χ1n) is 6.07. The second-order valence-electron chi connectivity index (χ2n) is 4.92. The van der Waals surface area contributed by atoms with Crippen molar-refractivity contribution in [1.29, 1.82) is 0 Å². The second-order valence-corrected chi connectivity index (χ2v) is 4.92. The summed E-state index contributed by atoms with van der Waals surface area (Å²) in [4.78, 5) is 0. The molecule has 0 heterocycles. The number of alkyl halides is 6. The minimum absolute atomic E-state index is 0.228. The Bertz CT molecular complexity index is 648. The van der Waals surface area contributed by atoms with Gasteiger partial charge in [-0.25, -0.2) is 0 Å². The van der Waals surface area contributed by atoms with E-state index in [0.29, 0.717) is 17.5 Å². The van der Waals surface area contributed by atoms with E-state index in [-0.39, 0.29) is 11.1 Å². The number of hydrogen-bond donors (Lipinski definition) is 0. The summed E-state index contributed by atoms with van der Waals surface area (Å²) in [6.07, 6.45) is -8.68. The maximum Gasteiger partial charge on any atom is 0.416 e. The van der Waals surface area contributed by atoms with Gasteiger partial charge in [0.1, 0.15) is 0 Å². The monoisotopic (exact) mass is 302 g/mol. The van der Waals surface area contributed by atoms with Crippen molar-refractivity contribution in [3.05, 3.63) is 58.7 Å². The molecule has 0 aromatic heterocycles. The lowest BCUT2D eigenvalue weighted by molar-refractivity contribution is -0.138. The van der Waals surface area contributed by atoms with Gasteiger partial charge in [0.05, 0.1) is 11.1 Å². The first kappa shape index (κ1) is 14.0. The molecule has 0 radical (unpaired) electrons. The number of hydrogen-bond acceptors (Lipinski definition) is 0. The van der Waals surface area contributed by atoms with Gasteiger partial charge in [0.25, 0.3) is 0 Å². The van der Waals surface area contributed by atoms with Gasteiger partial charge < -0.3 is 0 Å². The molecule has 0 N–H and O–H groups in total. The summed E-state index contributed by atoms with van der Waals surface area (Å²) in [5.41, 5.74) is -0.0375. The van der Waals surface area contributed by atoms with Crippen LogP contribution in [0.1, 0.15) is 22.3 Å². The quantitative estimate of drug-likeness (QED) is 0.495. The van der Waals surface area contributed by atoms with Crippen molar-refractivity contribution in [2.24, 2.45) is 0 Å². The molecule has 21 heavy (non-hydrogen) atoms. The fourth-order valence-electron chi connectivity index (χ4n) is 2.52. The van der Waals surface area contributed by atoms with E-state index in [1.54, 1.807) is 0 Å². The van der Waals surface area contributed by atoms with Crippen molar-refractivity contribution >= 4 is 0 Å². The molecule has 0 spiro atoms. The Labute approximate surface area is 116 Å². The van der Waals surface area contributed by atoms with Crippen molar-refractivity contribution in [1.82, 2.24) is 0 Å². The van der Waals surface area contributed by atoms with Crippen LogP contribution in [-0.2, 0) is 18.8 Å². The molecule has 6 heteroatoms. The molecule has 2 aromatic carbocycles. The summed E-state index contributed by atoms with van der Waals surface area (Å²) < 4.78 is 76.3. The van der Waals surface area contributed by atoms with Gasteiger partial charge in [0, 0.05) is 0 Å². The van der Waals surface area contributed by atoms with Crippen LogP contribution >= 0.6 is 0 Å². The van der Waals surface area contributed by atoms with E-state index in [1.165, 1.54) is 12.1 Å². The molecule has 2 aromatic rings. The lowest BCUT2D eigenvalue weighted by Gasteiger charge is -2.11. The fraction of sp³-hybridized carbons (Fsp3) is 0.200. The average Bonchev–Trinajstić information content (AvgIpc) is 2.73. The second kappa shape index (κ2) is 4.26. The number of halogens is 6. The van der Waals surface area contributed by atoms with Gasteiger partial charge in [0.15, 0.2) is 0 Å². The Morgan fingerprint density at radius 1 is 0.619 bits per heavy atom. The molecule has 0 atom stereocenters. The van der Waals surface area contributed by atoms with Crippen LogP contribution in [0, 0.1) is 0 Å². The van der Waals surface area contributed by atoms with Gasteiger partial charge in [-0.1, -0.05) is 12.1 Å². The zero-order valence-electron chi connectivity index (χ0n) is 10.4. The number of rotatable bonds is 0. The Morgan fingerprint density at radius 2 is 1.00 bits per heavy atom. The Balaban J connectivity index is 2.15. The highest BCUT2D eigenvalue weighted by molar-refractivity contribution is 5.78. The third-order valence-electron chi connectivity index (χ3n) is 3.55. The molecule has 0 aliphatic heterocycles. The lowest BCUT2D eigenvalue weighted by Crippen LogP contribution is -2.05. The lowest BCUT2D eigenvalue weighted by atomic mass is 10.0. The maximum absolute atomic E-state index is 12.7. The van der Waals surface area contributed by atoms with Crippen LogP contribution in [0.4, 0.5) is 26.3 Å². The molecule has 1 aliphatic rings. The molecule has 0 fully saturated rings. The van der Waals surface area contributed by atoms with Crippen molar-refractivity contribution in [3.8, 4) is 11.1 Å². The molecule has 1 aliphatic carbocycles. The van der Waals surface area contributed by atoms with Crippen molar-refractivity contribution in [2.45, 2.75) is 18.8 Å². The summed E-state index contributed by atoms with van der Waals surface area (Å²) in [7, 11) is 0. The van der Waals surface area contributed by atoms with E-state index in [4.69, 9.17) is 0 Å². The highest BCUT2D eigenvalue weighted by Crippen LogP contribution is 2.42. The van der Waals surface area contributed by atoms with Gasteiger partial charge in [-0.05, 0) is 52.9 Å². The van der Waals surface area contributed by atoms with Crippen LogP contribution in [0.25, 0.3) is 11.1 Å². The van der Waals surface area contributed by atoms with Gasteiger partial charge in [-0.2, -0.15) is 26.3 Å². The molecule has 0 bridgehead atoms. The maximum atomic E-state index is 12.7. The van der Waals surface area contributed by atoms with E-state index in [1.807, 2.05) is 0 Å². The van der Waals surface area contributed by atoms with Crippen molar-refractivity contribution in [3.63, 3.8) is 0 Å². The van der Waals surface area contributed by atoms with E-state index in [2.05, 4.69) is 0 Å². The van der Waals surface area contributed by atoms with E-state index in [9.17, 15) is 26.3 Å². The molecule has 0 amide bonds. The van der Waals surface area contributed by atoms with Crippen molar-refractivity contribution < 1.29 is 26.3 Å². The van der Waals surface area contributed by atoms with Gasteiger partial charge in [0.2, 0.25) is 0 Å². The molecule has 0 unspecified atom stereocenters. The predicted octanol–water partition coefficient (Wildman–Crippen LogP) is 5.30. The molecule has 3 rings (SSSR count). The summed E-state index contributed by atoms with van der Waals surface area (Å²) in [6, 6.07) is 6.39. The molecular weight excluding hydrogens is 294 g/mol. The van der Waals surface area contributed by atoms with E-state index in [0.717, 1.165) is 24.3 Å². The molecule has 110 valence electrons. The minimum Gasteiger partial charge on any atom is -0.166 e. The Kier molecular flexibility index (Phi) is 2.83. The highest BCUT2D eigenvalue weighted by atomic mass is 19.4. The third-order valence-corrected chi connectivity index (χ3v) is 3.55. The number of benzene rings is 2. The third kappa shape index (κ3) is 2.39. The summed E-state index contributed by atoms with van der Waals surface area (Å²) in [5.74, 6) is 0. The first-order valence-corrected chi connectivity index (χ1v) is 6.07. The number of fused-ring (bicyclic) bond motifs is 3. The van der Waals surface area contributed by atoms with Crippen molar-refractivity contribution in [2.75, 3.05) is 0 Å². The zero-order chi connectivity index (χ0) is 15.4. The van der Waals surface area contributed by atoms with Crippen LogP contribution in [0.2, 0.25) is 0 Å². The SMILES string of the molecule is FC(F)(F)c1ccc2c(c1)-c1cc(C(F)(F)F)ccc1C2. The average molecular weight is 302 g/mol. The zero-order valence-corrected chi connectivity index (χ0v) is 10.4. The summed E-state index contributed by atoms with van der Waals surface area (Å²) in [5, 5.41) is 0. The van der Waals surface area contributed by atoms with Gasteiger partial charge in [-0.3, -0.25) is 0 Å².